The van der Waals surface area contributed by atoms with E-state index >= 15 is 0 Å². The number of hydrogen-bond donors (Lipinski definition) is 1. The Labute approximate surface area is 193 Å². The Morgan fingerprint density at radius 2 is 2.09 bits per heavy atom. The lowest BCUT2D eigenvalue weighted by atomic mass is 9.85. The zero-order valence-electron chi connectivity index (χ0n) is 18.0. The van der Waals surface area contributed by atoms with E-state index in [4.69, 9.17) is 14.9 Å². The Kier molecular flexibility index (Phi) is 5.57. The van der Waals surface area contributed by atoms with Gasteiger partial charge in [-0.1, -0.05) is 12.1 Å². The largest absolute Gasteiger partial charge is 0.457 e. The number of esters is 1. The predicted molar refractivity (Wildman–Crippen MR) is 119 cm³/mol. The molecular weight excluding hydrogens is 447 g/mol. The van der Waals surface area contributed by atoms with Gasteiger partial charge in [0.25, 0.3) is 0 Å². The molecule has 2 aliphatic heterocycles. The number of furan rings is 1. The second-order valence-electron chi connectivity index (χ2n) is 8.50. The van der Waals surface area contributed by atoms with Crippen LogP contribution in [-0.2, 0) is 16.1 Å². The van der Waals surface area contributed by atoms with Gasteiger partial charge in [0.15, 0.2) is 5.69 Å². The monoisotopic (exact) mass is 470 g/mol. The van der Waals surface area contributed by atoms with Gasteiger partial charge in [-0.05, 0) is 36.8 Å². The minimum Gasteiger partial charge on any atom is -0.457 e. The van der Waals surface area contributed by atoms with E-state index in [1.54, 1.807) is 24.5 Å². The third-order valence-corrected chi connectivity index (χ3v) is 7.30. The van der Waals surface area contributed by atoms with Crippen LogP contribution in [0.1, 0.15) is 41.7 Å². The van der Waals surface area contributed by atoms with Gasteiger partial charge in [-0.3, -0.25) is 9.69 Å². The number of halogens is 1. The number of nitrogens with zero attached hydrogens (tertiary/aromatic N) is 3. The molecule has 10 heteroatoms. The molecule has 2 aromatic heterocycles. The number of nitrogens with two attached hydrogens (primary N) is 1. The van der Waals surface area contributed by atoms with Gasteiger partial charge in [0.1, 0.15) is 28.0 Å². The number of primary amides is 1. The lowest BCUT2D eigenvalue weighted by Crippen LogP contribution is -2.60. The van der Waals surface area contributed by atoms with Crippen molar-refractivity contribution in [3.8, 4) is 0 Å². The number of hydrogen-bond acceptors (Lipinski definition) is 8. The summed E-state index contributed by atoms with van der Waals surface area (Å²) in [6.45, 7) is 0.480. The zero-order valence-corrected chi connectivity index (χ0v) is 18.8. The number of benzene rings is 1. The normalized spacial score (nSPS) is 24.8. The Morgan fingerprint density at radius 3 is 2.82 bits per heavy atom. The van der Waals surface area contributed by atoms with E-state index in [1.807, 2.05) is 0 Å². The number of aromatic nitrogens is 2. The first-order valence-electron chi connectivity index (χ1n) is 10.7. The van der Waals surface area contributed by atoms with Crippen LogP contribution in [0.15, 0.2) is 46.0 Å². The maximum atomic E-state index is 13.3. The number of fused-ring (bicyclic) bond motifs is 3. The maximum absolute atomic E-state index is 13.3. The highest BCUT2D eigenvalue weighted by atomic mass is 32.2. The Morgan fingerprint density at radius 1 is 1.30 bits per heavy atom. The quantitative estimate of drug-likeness (QED) is 0.432. The number of rotatable bonds is 6. The van der Waals surface area contributed by atoms with E-state index in [-0.39, 0.29) is 17.6 Å². The Hall–Kier alpha value is -2.98. The molecule has 2 fully saturated rings. The molecule has 8 nitrogen and oxygen atoms in total. The average Bonchev–Trinajstić information content (AvgIpc) is 3.34. The molecule has 0 spiro atoms. The van der Waals surface area contributed by atoms with Crippen molar-refractivity contribution in [3.05, 3.63) is 53.7 Å². The predicted octanol–water partition coefficient (Wildman–Crippen LogP) is 3.29. The lowest BCUT2D eigenvalue weighted by Gasteiger charge is -2.45. The molecule has 0 saturated carbocycles. The van der Waals surface area contributed by atoms with Crippen LogP contribution >= 0.6 is 11.8 Å². The van der Waals surface area contributed by atoms with Crippen LogP contribution in [0, 0.1) is 5.82 Å². The fraction of sp³-hybridized carbons (Fsp3) is 0.391. The number of piperidine rings is 1. The number of amides is 1. The minimum atomic E-state index is -0.912. The summed E-state index contributed by atoms with van der Waals surface area (Å²) in [5.74, 6) is -1.32. The van der Waals surface area contributed by atoms with Crippen molar-refractivity contribution in [1.29, 1.82) is 0 Å². The van der Waals surface area contributed by atoms with E-state index in [0.29, 0.717) is 42.1 Å². The third kappa shape index (κ3) is 3.87. The highest BCUT2D eigenvalue weighted by Crippen LogP contribution is 2.46. The van der Waals surface area contributed by atoms with Gasteiger partial charge in [0, 0.05) is 31.5 Å². The second-order valence-corrected chi connectivity index (χ2v) is 9.30. The van der Waals surface area contributed by atoms with Gasteiger partial charge in [-0.2, -0.15) is 0 Å². The van der Waals surface area contributed by atoms with E-state index < -0.39 is 23.5 Å². The molecule has 2 bridgehead atoms. The van der Waals surface area contributed by atoms with Crippen molar-refractivity contribution in [3.63, 3.8) is 0 Å². The van der Waals surface area contributed by atoms with E-state index in [2.05, 4.69) is 14.9 Å². The van der Waals surface area contributed by atoms with Crippen LogP contribution in [0.25, 0.3) is 11.2 Å². The van der Waals surface area contributed by atoms with Crippen molar-refractivity contribution >= 4 is 34.9 Å². The molecule has 3 atom stereocenters. The average molecular weight is 471 g/mol. The number of carbonyl (C=O) groups is 2. The van der Waals surface area contributed by atoms with Gasteiger partial charge in [-0.15, -0.1) is 11.8 Å². The van der Waals surface area contributed by atoms with Crippen molar-refractivity contribution in [2.75, 3.05) is 6.26 Å². The molecule has 3 unspecified atom stereocenters. The standard InChI is InChI=1S/C23H23FN4O4S/c1-33-20-18(26-17-7-9-31-19(17)27-20)21(29)32-16-10-15-6-8-23(11-16,22(25)30)28(15)12-13-2-4-14(24)5-3-13/h2-5,7,9,15-16H,6,8,10-12H2,1H3,(H2,25,30). The number of carbonyl (C=O) groups excluding carboxylic acids is 2. The molecule has 2 aliphatic rings. The first-order chi connectivity index (χ1) is 15.9. The van der Waals surface area contributed by atoms with Crippen molar-refractivity contribution in [2.24, 2.45) is 5.73 Å². The van der Waals surface area contributed by atoms with Crippen molar-refractivity contribution < 1.29 is 23.1 Å². The van der Waals surface area contributed by atoms with Gasteiger partial charge in [0.2, 0.25) is 11.6 Å². The molecule has 1 amide bonds. The molecule has 1 aromatic carbocycles. The van der Waals surface area contributed by atoms with E-state index in [1.165, 1.54) is 30.2 Å². The summed E-state index contributed by atoms with van der Waals surface area (Å²) >= 11 is 1.28. The van der Waals surface area contributed by atoms with E-state index in [9.17, 15) is 14.0 Å². The minimum absolute atomic E-state index is 0.0246. The molecular formula is C23H23FN4O4S. The molecule has 3 aromatic rings. The van der Waals surface area contributed by atoms with Gasteiger partial charge in [0.05, 0.1) is 6.26 Å². The first-order valence-corrected chi connectivity index (χ1v) is 11.9. The van der Waals surface area contributed by atoms with E-state index in [0.717, 1.165) is 12.0 Å². The Balaban J connectivity index is 1.37. The summed E-state index contributed by atoms with van der Waals surface area (Å²) in [5.41, 5.74) is 6.84. The number of thioether (sulfide) groups is 1. The summed E-state index contributed by atoms with van der Waals surface area (Å²) in [6.07, 6.45) is 5.05. The highest BCUT2D eigenvalue weighted by molar-refractivity contribution is 7.98. The summed E-state index contributed by atoms with van der Waals surface area (Å²) < 4.78 is 24.4. The van der Waals surface area contributed by atoms with Gasteiger partial charge < -0.3 is 14.9 Å². The zero-order chi connectivity index (χ0) is 23.2. The molecule has 172 valence electrons. The molecule has 2 N–H and O–H groups in total. The summed E-state index contributed by atoms with van der Waals surface area (Å²) in [5, 5.41) is 0.420. The van der Waals surface area contributed by atoms with Crippen molar-refractivity contribution in [2.45, 2.75) is 54.9 Å². The van der Waals surface area contributed by atoms with Crippen molar-refractivity contribution in [1.82, 2.24) is 14.9 Å². The SMILES string of the molecule is CSc1nc2occc2nc1C(=O)OC1CC2CCC(C(N)=O)(C1)N2Cc1ccc(F)cc1. The maximum Gasteiger partial charge on any atom is 0.360 e. The lowest BCUT2D eigenvalue weighted by molar-refractivity contribution is -0.136. The smallest absolute Gasteiger partial charge is 0.360 e. The summed E-state index contributed by atoms with van der Waals surface area (Å²) in [7, 11) is 0. The molecule has 4 heterocycles. The fourth-order valence-electron chi connectivity index (χ4n) is 5.06. The van der Waals surface area contributed by atoms with Crippen LogP contribution in [-0.4, -0.2) is 50.7 Å². The molecule has 0 aliphatic carbocycles. The molecule has 33 heavy (non-hydrogen) atoms. The van der Waals surface area contributed by atoms with Crippen LogP contribution in [0.4, 0.5) is 4.39 Å². The highest BCUT2D eigenvalue weighted by Gasteiger charge is 2.56. The second kappa shape index (κ2) is 8.42. The van der Waals surface area contributed by atoms with Crippen LogP contribution < -0.4 is 5.73 Å². The first kappa shape index (κ1) is 21.8. The summed E-state index contributed by atoms with van der Waals surface area (Å²) in [4.78, 5) is 36.5. The van der Waals surface area contributed by atoms with Crippen LogP contribution in [0.2, 0.25) is 0 Å². The molecule has 5 rings (SSSR count). The molecule has 0 radical (unpaired) electrons. The van der Waals surface area contributed by atoms with Crippen LogP contribution in [0.3, 0.4) is 0 Å². The van der Waals surface area contributed by atoms with Gasteiger partial charge >= 0.3 is 5.97 Å². The third-order valence-electron chi connectivity index (χ3n) is 6.63. The topological polar surface area (TPSA) is 112 Å². The fourth-order valence-corrected chi connectivity index (χ4v) is 5.56. The molecule has 2 saturated heterocycles. The Bertz CT molecular complexity index is 1220. The van der Waals surface area contributed by atoms with Crippen LogP contribution in [0.5, 0.6) is 0 Å². The van der Waals surface area contributed by atoms with Gasteiger partial charge in [-0.25, -0.2) is 19.2 Å². The summed E-state index contributed by atoms with van der Waals surface area (Å²) in [6, 6.07) is 7.90. The number of ether oxygens (including phenoxy) is 1.